The highest BCUT2D eigenvalue weighted by molar-refractivity contribution is 7.89. The number of rotatable bonds is 5. The minimum Gasteiger partial charge on any atom is -0.482 e. The van der Waals surface area contributed by atoms with Gasteiger partial charge in [-0.1, -0.05) is 41.4 Å². The van der Waals surface area contributed by atoms with Crippen molar-refractivity contribution >= 4 is 39.1 Å². The molecule has 0 bridgehead atoms. The Kier molecular flexibility index (Phi) is 6.41. The second kappa shape index (κ2) is 9.09. The van der Waals surface area contributed by atoms with Crippen LogP contribution in [0.2, 0.25) is 5.02 Å². The normalized spacial score (nSPS) is 18.9. The molecule has 2 amide bonds. The second-order valence-electron chi connectivity index (χ2n) is 8.02. The predicted molar refractivity (Wildman–Crippen MR) is 120 cm³/mol. The van der Waals surface area contributed by atoms with Crippen LogP contribution in [0.5, 0.6) is 5.75 Å². The Balaban J connectivity index is 1.47. The third-order valence-electron chi connectivity index (χ3n) is 5.63. The molecule has 2 heterocycles. The molecule has 1 atom stereocenters. The van der Waals surface area contributed by atoms with E-state index < -0.39 is 15.9 Å². The van der Waals surface area contributed by atoms with Crippen LogP contribution in [-0.4, -0.2) is 44.2 Å². The molecule has 1 saturated heterocycles. The summed E-state index contributed by atoms with van der Waals surface area (Å²) in [4.78, 5) is 24.1. The molecule has 32 heavy (non-hydrogen) atoms. The number of carbonyl (C=O) groups excluding carboxylic acids is 2. The van der Waals surface area contributed by atoms with Crippen molar-refractivity contribution in [1.82, 2.24) is 9.62 Å². The maximum absolute atomic E-state index is 13.3. The fourth-order valence-corrected chi connectivity index (χ4v) is 5.87. The number of hydrogen-bond donors (Lipinski definition) is 2. The van der Waals surface area contributed by atoms with Gasteiger partial charge in [-0.05, 0) is 31.4 Å². The number of piperidine rings is 1. The lowest BCUT2D eigenvalue weighted by molar-refractivity contribution is -0.126. The van der Waals surface area contributed by atoms with Gasteiger partial charge >= 0.3 is 0 Å². The Labute approximate surface area is 191 Å². The van der Waals surface area contributed by atoms with Gasteiger partial charge in [0.05, 0.1) is 16.6 Å². The lowest BCUT2D eigenvalue weighted by Gasteiger charge is -2.31. The zero-order valence-corrected chi connectivity index (χ0v) is 19.1. The summed E-state index contributed by atoms with van der Waals surface area (Å²) >= 11 is 6.25. The van der Waals surface area contributed by atoms with E-state index in [4.69, 9.17) is 16.3 Å². The molecule has 2 aliphatic rings. The molecule has 0 aromatic heterocycles. The van der Waals surface area contributed by atoms with Crippen molar-refractivity contribution in [2.24, 2.45) is 5.92 Å². The van der Waals surface area contributed by atoms with Gasteiger partial charge in [0.1, 0.15) is 10.6 Å². The summed E-state index contributed by atoms with van der Waals surface area (Å²) in [5.74, 6) is -0.708. The van der Waals surface area contributed by atoms with Crippen molar-refractivity contribution in [1.29, 1.82) is 0 Å². The van der Waals surface area contributed by atoms with E-state index in [1.54, 1.807) is 0 Å². The van der Waals surface area contributed by atoms with Crippen LogP contribution in [-0.2, 0) is 26.2 Å². The number of nitrogens with zero attached hydrogens (tertiary/aromatic N) is 1. The van der Waals surface area contributed by atoms with Crippen LogP contribution in [0, 0.1) is 12.8 Å². The number of amides is 2. The van der Waals surface area contributed by atoms with Crippen LogP contribution >= 0.6 is 11.6 Å². The maximum atomic E-state index is 13.3. The van der Waals surface area contributed by atoms with Gasteiger partial charge in [-0.15, -0.1) is 0 Å². The highest BCUT2D eigenvalue weighted by Gasteiger charge is 2.35. The quantitative estimate of drug-likeness (QED) is 0.689. The van der Waals surface area contributed by atoms with Gasteiger partial charge in [0.15, 0.2) is 6.61 Å². The first-order valence-corrected chi connectivity index (χ1v) is 12.2. The summed E-state index contributed by atoms with van der Waals surface area (Å²) in [5, 5.41) is 5.50. The topological polar surface area (TPSA) is 105 Å². The predicted octanol–water partition coefficient (Wildman–Crippen LogP) is 2.70. The number of ether oxygens (including phenoxy) is 1. The van der Waals surface area contributed by atoms with E-state index in [0.717, 1.165) is 11.1 Å². The van der Waals surface area contributed by atoms with Gasteiger partial charge in [0.25, 0.3) is 5.91 Å². The summed E-state index contributed by atoms with van der Waals surface area (Å²) in [7, 11) is -3.95. The van der Waals surface area contributed by atoms with Crippen LogP contribution < -0.4 is 15.4 Å². The Morgan fingerprint density at radius 1 is 1.28 bits per heavy atom. The smallest absolute Gasteiger partial charge is 0.262 e. The molecule has 2 aromatic carbocycles. The number of nitrogens with one attached hydrogen (secondary N) is 2. The Hall–Kier alpha value is -2.62. The standard InChI is InChI=1S/C22H24ClN3O5S/c1-14-4-6-15(7-5-14)11-24-22(28)16-3-2-8-26(12-16)32(29,30)20-10-19-18(9-17(20)23)25-21(27)13-31-19/h4-7,9-10,16H,2-3,8,11-13H2,1H3,(H,24,28)(H,25,27)/t16-/m1/s1. The summed E-state index contributed by atoms with van der Waals surface area (Å²) in [6.07, 6.45) is 1.18. The summed E-state index contributed by atoms with van der Waals surface area (Å²) in [6, 6.07) is 10.6. The Bertz CT molecular complexity index is 1150. The molecule has 0 spiro atoms. The number of benzene rings is 2. The lowest BCUT2D eigenvalue weighted by Crippen LogP contribution is -2.45. The molecule has 4 rings (SSSR count). The fourth-order valence-electron chi connectivity index (χ4n) is 3.83. The first kappa shape index (κ1) is 22.6. The van der Waals surface area contributed by atoms with Crippen molar-refractivity contribution in [3.63, 3.8) is 0 Å². The highest BCUT2D eigenvalue weighted by atomic mass is 35.5. The first-order valence-electron chi connectivity index (χ1n) is 10.3. The van der Waals surface area contributed by atoms with Crippen molar-refractivity contribution in [3.8, 4) is 5.75 Å². The van der Waals surface area contributed by atoms with Crippen LogP contribution in [0.4, 0.5) is 5.69 Å². The molecular formula is C22H24ClN3O5S. The number of anilines is 1. The van der Waals surface area contributed by atoms with E-state index in [2.05, 4.69) is 10.6 Å². The number of aryl methyl sites for hydroxylation is 1. The molecule has 2 aromatic rings. The van der Waals surface area contributed by atoms with Crippen molar-refractivity contribution in [2.45, 2.75) is 31.2 Å². The minimum absolute atomic E-state index is 0.0134. The van der Waals surface area contributed by atoms with E-state index in [9.17, 15) is 18.0 Å². The van der Waals surface area contributed by atoms with Crippen molar-refractivity contribution in [3.05, 3.63) is 52.5 Å². The third kappa shape index (κ3) is 4.74. The SMILES string of the molecule is Cc1ccc(CNC(=O)[C@@H]2CCCN(S(=O)(=O)c3cc4c(cc3Cl)NC(=O)CO4)C2)cc1. The molecule has 2 N–H and O–H groups in total. The van der Waals surface area contributed by atoms with Crippen LogP contribution in [0.1, 0.15) is 24.0 Å². The Morgan fingerprint density at radius 3 is 2.78 bits per heavy atom. The monoisotopic (exact) mass is 477 g/mol. The number of sulfonamides is 1. The highest BCUT2D eigenvalue weighted by Crippen LogP contribution is 2.37. The van der Waals surface area contributed by atoms with Gasteiger partial charge in [-0.2, -0.15) is 4.31 Å². The Morgan fingerprint density at radius 2 is 2.03 bits per heavy atom. The number of hydrogen-bond acceptors (Lipinski definition) is 5. The van der Waals surface area contributed by atoms with Crippen LogP contribution in [0.3, 0.4) is 0 Å². The molecule has 0 radical (unpaired) electrons. The zero-order valence-electron chi connectivity index (χ0n) is 17.6. The second-order valence-corrected chi connectivity index (χ2v) is 10.3. The van der Waals surface area contributed by atoms with Gasteiger partial charge in [0.2, 0.25) is 15.9 Å². The average molecular weight is 478 g/mol. The zero-order chi connectivity index (χ0) is 22.9. The van der Waals surface area contributed by atoms with E-state index >= 15 is 0 Å². The van der Waals surface area contributed by atoms with E-state index in [0.29, 0.717) is 31.6 Å². The average Bonchev–Trinajstić information content (AvgIpc) is 2.78. The largest absolute Gasteiger partial charge is 0.482 e. The molecule has 2 aliphatic heterocycles. The molecule has 10 heteroatoms. The van der Waals surface area contributed by atoms with E-state index in [1.807, 2.05) is 31.2 Å². The molecule has 0 aliphatic carbocycles. The van der Waals surface area contributed by atoms with Gasteiger partial charge in [-0.25, -0.2) is 8.42 Å². The summed E-state index contributed by atoms with van der Waals surface area (Å²) < 4.78 is 33.2. The first-order chi connectivity index (χ1) is 15.2. The maximum Gasteiger partial charge on any atom is 0.262 e. The molecular weight excluding hydrogens is 454 g/mol. The van der Waals surface area contributed by atoms with Crippen LogP contribution in [0.25, 0.3) is 0 Å². The third-order valence-corrected chi connectivity index (χ3v) is 7.96. The van der Waals surface area contributed by atoms with Crippen LogP contribution in [0.15, 0.2) is 41.3 Å². The number of halogens is 1. The molecule has 0 unspecified atom stereocenters. The van der Waals surface area contributed by atoms with Gasteiger partial charge in [0, 0.05) is 25.7 Å². The fraction of sp³-hybridized carbons (Fsp3) is 0.364. The van der Waals surface area contributed by atoms with Gasteiger partial charge in [-0.3, -0.25) is 9.59 Å². The summed E-state index contributed by atoms with van der Waals surface area (Å²) in [6.45, 7) is 2.57. The number of carbonyl (C=O) groups is 2. The molecule has 8 nitrogen and oxygen atoms in total. The van der Waals surface area contributed by atoms with Gasteiger partial charge < -0.3 is 15.4 Å². The lowest BCUT2D eigenvalue weighted by atomic mass is 9.98. The van der Waals surface area contributed by atoms with Crippen molar-refractivity contribution in [2.75, 3.05) is 25.0 Å². The number of fused-ring (bicyclic) bond motifs is 1. The van der Waals surface area contributed by atoms with Crippen molar-refractivity contribution < 1.29 is 22.7 Å². The van der Waals surface area contributed by atoms with E-state index in [1.165, 1.54) is 16.4 Å². The molecule has 1 fully saturated rings. The molecule has 170 valence electrons. The van der Waals surface area contributed by atoms with E-state index in [-0.39, 0.29) is 40.6 Å². The summed E-state index contributed by atoms with van der Waals surface area (Å²) in [5.41, 5.74) is 2.45. The molecule has 0 saturated carbocycles. The minimum atomic E-state index is -3.95.